The number of imidazole rings is 1. The van der Waals surface area contributed by atoms with Crippen LogP contribution in [0.5, 0.6) is 0 Å². The molecular formula is C31H36F2N8O. The van der Waals surface area contributed by atoms with Crippen LogP contribution in [0.3, 0.4) is 0 Å². The fraction of sp³-hybridized carbons (Fsp3) is 0.419. The van der Waals surface area contributed by atoms with Crippen molar-refractivity contribution in [2.24, 2.45) is 0 Å². The molecule has 2 N–H and O–H groups in total. The van der Waals surface area contributed by atoms with Crippen LogP contribution in [0.4, 0.5) is 14.6 Å². The number of nitrogens with one attached hydrogen (secondary N) is 2. The lowest BCUT2D eigenvalue weighted by atomic mass is 9.87. The number of hydrogen-bond acceptors (Lipinski definition) is 6. The Morgan fingerprint density at radius 1 is 1.17 bits per heavy atom. The lowest BCUT2D eigenvalue weighted by Gasteiger charge is -2.29. The zero-order chi connectivity index (χ0) is 29.2. The Bertz CT molecular complexity index is 1580. The van der Waals surface area contributed by atoms with Gasteiger partial charge in [0.05, 0.1) is 24.5 Å². The van der Waals surface area contributed by atoms with Gasteiger partial charge in [-0.15, -0.1) is 10.2 Å². The molecular weight excluding hydrogens is 538 g/mol. The normalized spacial score (nSPS) is 17.5. The van der Waals surface area contributed by atoms with Crippen molar-refractivity contribution in [3.8, 4) is 5.69 Å². The van der Waals surface area contributed by atoms with Gasteiger partial charge in [0.2, 0.25) is 5.91 Å². The van der Waals surface area contributed by atoms with Crippen molar-refractivity contribution in [1.82, 2.24) is 34.5 Å². The third kappa shape index (κ3) is 5.98. The third-order valence-corrected chi connectivity index (χ3v) is 8.31. The van der Waals surface area contributed by atoms with E-state index >= 15 is 0 Å². The molecule has 0 fully saturated rings. The maximum Gasteiger partial charge on any atom is 0.242 e. The molecule has 0 saturated carbocycles. The van der Waals surface area contributed by atoms with Gasteiger partial charge in [0, 0.05) is 31.7 Å². The van der Waals surface area contributed by atoms with Crippen LogP contribution in [0.25, 0.3) is 5.69 Å². The second-order valence-electron chi connectivity index (χ2n) is 11.3. The summed E-state index contributed by atoms with van der Waals surface area (Å²) < 4.78 is 32.2. The van der Waals surface area contributed by atoms with Crippen LogP contribution in [0.15, 0.2) is 48.9 Å². The standard InChI is InChI=1S/C31H36F2N8O/c1-3-6-27(35-24-10-9-21-13-23(32)14-26(33)25(21)15-24)31(42)36-29-17-40(19-34-29)28-8-5-4-7-22(28)16-39-11-12-41-20(2)37-38-30(41)18-39/h4-5,7-8,13-14,17,19,24,27,35H,3,6,9-12,15-16,18H2,1-2H3,(H,36,42)/t24-,27+/m0/s1. The van der Waals surface area contributed by atoms with Gasteiger partial charge in [-0.25, -0.2) is 13.8 Å². The van der Waals surface area contributed by atoms with Crippen molar-refractivity contribution < 1.29 is 13.6 Å². The number of halogens is 2. The summed E-state index contributed by atoms with van der Waals surface area (Å²) in [6, 6.07) is 10.0. The van der Waals surface area contributed by atoms with E-state index in [1.165, 1.54) is 6.07 Å². The average molecular weight is 575 g/mol. The van der Waals surface area contributed by atoms with Crippen molar-refractivity contribution in [2.75, 3.05) is 11.9 Å². The molecule has 2 aromatic carbocycles. The Morgan fingerprint density at radius 2 is 2.02 bits per heavy atom. The van der Waals surface area contributed by atoms with Gasteiger partial charge in [-0.3, -0.25) is 9.69 Å². The van der Waals surface area contributed by atoms with Gasteiger partial charge in [0.1, 0.15) is 29.6 Å². The first-order chi connectivity index (χ1) is 20.4. The van der Waals surface area contributed by atoms with E-state index < -0.39 is 17.7 Å². The number of benzene rings is 2. The number of rotatable bonds is 9. The van der Waals surface area contributed by atoms with Crippen LogP contribution < -0.4 is 10.6 Å². The van der Waals surface area contributed by atoms with Crippen LogP contribution in [-0.4, -0.2) is 53.8 Å². The summed E-state index contributed by atoms with van der Waals surface area (Å²) >= 11 is 0. The summed E-state index contributed by atoms with van der Waals surface area (Å²) in [5.41, 5.74) is 3.39. The number of nitrogens with zero attached hydrogens (tertiary/aromatic N) is 6. The molecule has 2 atom stereocenters. The molecule has 2 aliphatic rings. The van der Waals surface area contributed by atoms with Crippen molar-refractivity contribution in [3.05, 3.63) is 88.9 Å². The van der Waals surface area contributed by atoms with E-state index in [1.54, 1.807) is 6.33 Å². The number of aryl methyl sites for hydroxylation is 2. The highest BCUT2D eigenvalue weighted by molar-refractivity contribution is 5.94. The molecule has 0 radical (unpaired) electrons. The van der Waals surface area contributed by atoms with Crippen LogP contribution in [-0.2, 0) is 37.3 Å². The van der Waals surface area contributed by atoms with Crippen molar-refractivity contribution in [2.45, 2.75) is 77.7 Å². The zero-order valence-electron chi connectivity index (χ0n) is 24.0. The van der Waals surface area contributed by atoms with Crippen LogP contribution in [0, 0.1) is 18.6 Å². The fourth-order valence-electron chi connectivity index (χ4n) is 6.15. The summed E-state index contributed by atoms with van der Waals surface area (Å²) in [6.07, 6.45) is 6.70. The number of hydrogen-bond donors (Lipinski definition) is 2. The number of carbonyl (C=O) groups excluding carboxylic acids is 1. The van der Waals surface area contributed by atoms with Gasteiger partial charge >= 0.3 is 0 Å². The maximum absolute atomic E-state index is 14.4. The molecule has 3 heterocycles. The monoisotopic (exact) mass is 574 g/mol. The number of fused-ring (bicyclic) bond motifs is 2. The van der Waals surface area contributed by atoms with Gasteiger partial charge in [0.15, 0.2) is 5.82 Å². The molecule has 9 nitrogen and oxygen atoms in total. The molecule has 0 unspecified atom stereocenters. The Morgan fingerprint density at radius 3 is 2.88 bits per heavy atom. The van der Waals surface area contributed by atoms with Crippen molar-refractivity contribution in [1.29, 1.82) is 0 Å². The summed E-state index contributed by atoms with van der Waals surface area (Å²) in [6.45, 7) is 7.28. The number of anilines is 1. The molecule has 42 heavy (non-hydrogen) atoms. The molecule has 0 bridgehead atoms. The largest absolute Gasteiger partial charge is 0.313 e. The minimum atomic E-state index is -0.546. The molecule has 0 spiro atoms. The predicted octanol–water partition coefficient (Wildman–Crippen LogP) is 4.32. The summed E-state index contributed by atoms with van der Waals surface area (Å²) in [7, 11) is 0. The topological polar surface area (TPSA) is 92.9 Å². The predicted molar refractivity (Wildman–Crippen MR) is 155 cm³/mol. The first kappa shape index (κ1) is 28.2. The third-order valence-electron chi connectivity index (χ3n) is 8.31. The number of aromatic nitrogens is 5. The van der Waals surface area contributed by atoms with Gasteiger partial charge < -0.3 is 19.8 Å². The van der Waals surface area contributed by atoms with Gasteiger partial charge in [-0.05, 0) is 61.4 Å². The van der Waals surface area contributed by atoms with E-state index in [0.29, 0.717) is 42.6 Å². The number of para-hydroxylation sites is 1. The molecule has 1 aliphatic heterocycles. The number of carbonyl (C=O) groups is 1. The van der Waals surface area contributed by atoms with Crippen LogP contribution in [0.2, 0.25) is 0 Å². The van der Waals surface area contributed by atoms with Crippen LogP contribution >= 0.6 is 0 Å². The van der Waals surface area contributed by atoms with E-state index in [4.69, 9.17) is 0 Å². The van der Waals surface area contributed by atoms with Crippen molar-refractivity contribution in [3.63, 3.8) is 0 Å². The summed E-state index contributed by atoms with van der Waals surface area (Å²) in [5.74, 6) is 1.16. The second kappa shape index (κ2) is 12.1. The van der Waals surface area contributed by atoms with E-state index in [9.17, 15) is 13.6 Å². The van der Waals surface area contributed by atoms with E-state index in [1.807, 2.05) is 42.8 Å². The average Bonchev–Trinajstić information content (AvgIpc) is 3.59. The van der Waals surface area contributed by atoms with Crippen molar-refractivity contribution >= 4 is 11.7 Å². The lowest BCUT2D eigenvalue weighted by Crippen LogP contribution is -2.48. The van der Waals surface area contributed by atoms with E-state index in [0.717, 1.165) is 61.6 Å². The molecule has 11 heteroatoms. The highest BCUT2D eigenvalue weighted by atomic mass is 19.1. The Kier molecular flexibility index (Phi) is 8.12. The molecule has 1 aliphatic carbocycles. The minimum Gasteiger partial charge on any atom is -0.313 e. The molecule has 1 amide bonds. The van der Waals surface area contributed by atoms with E-state index in [-0.39, 0.29) is 11.9 Å². The molecule has 6 rings (SSSR count). The maximum atomic E-state index is 14.4. The molecule has 0 saturated heterocycles. The molecule has 220 valence electrons. The molecule has 2 aromatic heterocycles. The Hall–Kier alpha value is -3.96. The highest BCUT2D eigenvalue weighted by Gasteiger charge is 2.27. The van der Waals surface area contributed by atoms with Crippen LogP contribution in [0.1, 0.15) is 54.5 Å². The SMILES string of the molecule is CCC[C@@H](N[C@H]1CCc2cc(F)cc(F)c2C1)C(=O)Nc1cn(-c2ccccc2CN2CCn3c(C)nnc3C2)cn1. The summed E-state index contributed by atoms with van der Waals surface area (Å²) in [5, 5.41) is 14.9. The number of amides is 1. The lowest BCUT2D eigenvalue weighted by molar-refractivity contribution is -0.118. The first-order valence-corrected chi connectivity index (χ1v) is 14.6. The van der Waals surface area contributed by atoms with E-state index in [2.05, 4.69) is 41.3 Å². The summed E-state index contributed by atoms with van der Waals surface area (Å²) in [4.78, 5) is 20.2. The Balaban J connectivity index is 1.11. The van der Waals surface area contributed by atoms with Gasteiger partial charge in [-0.1, -0.05) is 31.5 Å². The fourth-order valence-corrected chi connectivity index (χ4v) is 6.15. The highest BCUT2D eigenvalue weighted by Crippen LogP contribution is 2.26. The molecule has 4 aromatic rings. The quantitative estimate of drug-likeness (QED) is 0.309. The Labute approximate surface area is 244 Å². The zero-order valence-corrected chi connectivity index (χ0v) is 24.0. The first-order valence-electron chi connectivity index (χ1n) is 14.6. The minimum absolute atomic E-state index is 0.0725. The van der Waals surface area contributed by atoms with Gasteiger partial charge in [-0.2, -0.15) is 0 Å². The smallest absolute Gasteiger partial charge is 0.242 e. The van der Waals surface area contributed by atoms with Gasteiger partial charge in [0.25, 0.3) is 0 Å². The second-order valence-corrected chi connectivity index (χ2v) is 11.3.